The standard InChI is InChI=1S/C53H29N3O2S/c1-4-20-42-37(11-1)48-35(17-9-22-44(48)57-42)33-15-7-16-34-32(33)14-8-18-36(34)52-54-51(55-53(56-52)40-19-10-24-47-50(40)39-13-3-6-23-46(39)59-47)31-26-25-30-27-28-45-49(41(30)29-31)38-12-2-5-21-43(38)58-45/h1-29H. The van der Waals surface area contributed by atoms with Crippen molar-refractivity contribution in [1.29, 1.82) is 0 Å². The van der Waals surface area contributed by atoms with Crippen molar-refractivity contribution in [2.75, 3.05) is 0 Å². The molecule has 4 heterocycles. The predicted octanol–water partition coefficient (Wildman–Crippen LogP) is 15.0. The normalized spacial score (nSPS) is 12.1. The van der Waals surface area contributed by atoms with Crippen LogP contribution in [-0.4, -0.2) is 15.0 Å². The fourth-order valence-electron chi connectivity index (χ4n) is 9.13. The highest BCUT2D eigenvalue weighted by Gasteiger charge is 2.21. The van der Waals surface area contributed by atoms with E-state index in [1.54, 1.807) is 11.3 Å². The lowest BCUT2D eigenvalue weighted by Gasteiger charge is -2.13. The minimum atomic E-state index is 0.607. The molecule has 274 valence electrons. The Morgan fingerprint density at radius 3 is 1.69 bits per heavy atom. The number of para-hydroxylation sites is 2. The molecule has 0 N–H and O–H groups in total. The van der Waals surface area contributed by atoms with E-state index in [0.29, 0.717) is 17.5 Å². The molecule has 0 amide bonds. The number of benzene rings is 9. The van der Waals surface area contributed by atoms with Crippen molar-refractivity contribution in [2.24, 2.45) is 0 Å². The van der Waals surface area contributed by atoms with E-state index >= 15 is 0 Å². The summed E-state index contributed by atoms with van der Waals surface area (Å²) in [6, 6.07) is 61.4. The molecule has 0 saturated carbocycles. The van der Waals surface area contributed by atoms with Crippen molar-refractivity contribution >= 4 is 96.9 Å². The third kappa shape index (κ3) is 4.87. The highest BCUT2D eigenvalue weighted by Crippen LogP contribution is 2.43. The second kappa shape index (κ2) is 12.4. The molecule has 0 radical (unpaired) electrons. The monoisotopic (exact) mass is 771 g/mol. The van der Waals surface area contributed by atoms with Crippen LogP contribution in [0.4, 0.5) is 0 Å². The lowest BCUT2D eigenvalue weighted by Crippen LogP contribution is -2.01. The van der Waals surface area contributed by atoms with Crippen LogP contribution >= 0.6 is 11.3 Å². The molecule has 6 heteroatoms. The number of hydrogen-bond donors (Lipinski definition) is 0. The average Bonchev–Trinajstić information content (AvgIpc) is 4.00. The summed E-state index contributed by atoms with van der Waals surface area (Å²) in [7, 11) is 0. The largest absolute Gasteiger partial charge is 0.456 e. The Morgan fingerprint density at radius 1 is 0.322 bits per heavy atom. The molecule has 0 aliphatic carbocycles. The maximum atomic E-state index is 6.32. The van der Waals surface area contributed by atoms with Crippen LogP contribution in [0.25, 0.3) is 131 Å². The quantitative estimate of drug-likeness (QED) is 0.178. The Kier molecular flexibility index (Phi) is 6.82. The van der Waals surface area contributed by atoms with Crippen LogP contribution < -0.4 is 0 Å². The summed E-state index contributed by atoms with van der Waals surface area (Å²) in [5.74, 6) is 1.85. The molecular formula is C53H29N3O2S. The van der Waals surface area contributed by atoms with Gasteiger partial charge in [-0.1, -0.05) is 133 Å². The van der Waals surface area contributed by atoms with Gasteiger partial charge >= 0.3 is 0 Å². The molecule has 0 aliphatic heterocycles. The zero-order valence-electron chi connectivity index (χ0n) is 31.3. The highest BCUT2D eigenvalue weighted by molar-refractivity contribution is 7.25. The lowest BCUT2D eigenvalue weighted by atomic mass is 9.93. The van der Waals surface area contributed by atoms with Crippen molar-refractivity contribution in [2.45, 2.75) is 0 Å². The van der Waals surface area contributed by atoms with E-state index < -0.39 is 0 Å². The first-order valence-electron chi connectivity index (χ1n) is 19.7. The highest BCUT2D eigenvalue weighted by atomic mass is 32.1. The average molecular weight is 772 g/mol. The van der Waals surface area contributed by atoms with Gasteiger partial charge in [0.2, 0.25) is 0 Å². The molecule has 0 aliphatic rings. The van der Waals surface area contributed by atoms with Gasteiger partial charge in [0, 0.05) is 58.4 Å². The summed E-state index contributed by atoms with van der Waals surface area (Å²) < 4.78 is 15.1. The summed E-state index contributed by atoms with van der Waals surface area (Å²) in [4.78, 5) is 16.0. The van der Waals surface area contributed by atoms with Gasteiger partial charge in [0.05, 0.1) is 0 Å². The second-order valence-corrected chi connectivity index (χ2v) is 16.1. The molecule has 0 saturated heterocycles. The van der Waals surface area contributed by atoms with Crippen LogP contribution in [0.2, 0.25) is 0 Å². The van der Waals surface area contributed by atoms with Gasteiger partial charge in [-0.3, -0.25) is 0 Å². The summed E-state index contributed by atoms with van der Waals surface area (Å²) in [5.41, 5.74) is 8.54. The Bertz CT molecular complexity index is 3870. The van der Waals surface area contributed by atoms with Crippen LogP contribution in [0.1, 0.15) is 0 Å². The van der Waals surface area contributed by atoms with Gasteiger partial charge in [-0.15, -0.1) is 11.3 Å². The van der Waals surface area contributed by atoms with Crippen LogP contribution in [0.3, 0.4) is 0 Å². The van der Waals surface area contributed by atoms with E-state index in [0.717, 1.165) is 98.6 Å². The molecule has 0 unspecified atom stereocenters. The van der Waals surface area contributed by atoms with Gasteiger partial charge in [-0.2, -0.15) is 0 Å². The fraction of sp³-hybridized carbons (Fsp3) is 0. The van der Waals surface area contributed by atoms with Crippen molar-refractivity contribution < 1.29 is 8.83 Å². The van der Waals surface area contributed by atoms with E-state index in [9.17, 15) is 0 Å². The maximum absolute atomic E-state index is 6.32. The van der Waals surface area contributed by atoms with Gasteiger partial charge in [0.15, 0.2) is 17.5 Å². The number of thiophene rings is 1. The predicted molar refractivity (Wildman–Crippen MR) is 244 cm³/mol. The van der Waals surface area contributed by atoms with E-state index in [1.807, 2.05) is 30.3 Å². The number of hydrogen-bond acceptors (Lipinski definition) is 6. The van der Waals surface area contributed by atoms with E-state index in [1.165, 1.54) is 14.8 Å². The third-order valence-corrected chi connectivity index (χ3v) is 12.9. The number of rotatable bonds is 4. The SMILES string of the molecule is c1ccc2c(c1)oc1cccc(-c3cccc4c(-c5nc(-c6ccc7ccc8oc9ccccc9c8c7c6)nc(-c6cccc7sc8ccccc8c67)n5)cccc34)c12. The van der Waals surface area contributed by atoms with Crippen LogP contribution in [0, 0.1) is 0 Å². The van der Waals surface area contributed by atoms with Gasteiger partial charge in [0.25, 0.3) is 0 Å². The zero-order valence-corrected chi connectivity index (χ0v) is 32.1. The van der Waals surface area contributed by atoms with Crippen molar-refractivity contribution in [3.8, 4) is 45.3 Å². The second-order valence-electron chi connectivity index (χ2n) is 15.0. The molecule has 9 aromatic carbocycles. The van der Waals surface area contributed by atoms with Gasteiger partial charge < -0.3 is 8.83 Å². The van der Waals surface area contributed by atoms with Crippen molar-refractivity contribution in [3.05, 3.63) is 176 Å². The van der Waals surface area contributed by atoms with E-state index in [4.69, 9.17) is 23.8 Å². The van der Waals surface area contributed by atoms with E-state index in [2.05, 4.69) is 146 Å². The Balaban J connectivity index is 1.07. The molecule has 5 nitrogen and oxygen atoms in total. The minimum Gasteiger partial charge on any atom is -0.456 e. The summed E-state index contributed by atoms with van der Waals surface area (Å²) in [6.07, 6.45) is 0. The van der Waals surface area contributed by atoms with Gasteiger partial charge in [-0.25, -0.2) is 15.0 Å². The topological polar surface area (TPSA) is 65.0 Å². The van der Waals surface area contributed by atoms with E-state index in [-0.39, 0.29) is 0 Å². The molecule has 4 aromatic heterocycles. The van der Waals surface area contributed by atoms with Crippen molar-refractivity contribution in [1.82, 2.24) is 15.0 Å². The maximum Gasteiger partial charge on any atom is 0.164 e. The molecular weight excluding hydrogens is 743 g/mol. The van der Waals surface area contributed by atoms with Crippen LogP contribution in [0.5, 0.6) is 0 Å². The Morgan fingerprint density at radius 2 is 0.864 bits per heavy atom. The molecule has 59 heavy (non-hydrogen) atoms. The first-order valence-corrected chi connectivity index (χ1v) is 20.5. The number of fused-ring (bicyclic) bond motifs is 12. The first kappa shape index (κ1) is 32.4. The minimum absolute atomic E-state index is 0.607. The van der Waals surface area contributed by atoms with Gasteiger partial charge in [0.1, 0.15) is 22.3 Å². The lowest BCUT2D eigenvalue weighted by molar-refractivity contribution is 0.668. The Labute approximate surface area is 340 Å². The van der Waals surface area contributed by atoms with Crippen LogP contribution in [0.15, 0.2) is 185 Å². The number of aromatic nitrogens is 3. The number of furan rings is 2. The zero-order chi connectivity index (χ0) is 38.6. The third-order valence-electron chi connectivity index (χ3n) is 11.8. The number of nitrogens with zero attached hydrogens (tertiary/aromatic N) is 3. The molecule has 0 bridgehead atoms. The summed E-state index contributed by atoms with van der Waals surface area (Å²) >= 11 is 1.79. The summed E-state index contributed by atoms with van der Waals surface area (Å²) in [6.45, 7) is 0. The fourth-order valence-corrected chi connectivity index (χ4v) is 10.3. The van der Waals surface area contributed by atoms with Gasteiger partial charge in [-0.05, 0) is 75.1 Å². The molecule has 0 spiro atoms. The molecule has 13 rings (SSSR count). The summed E-state index contributed by atoms with van der Waals surface area (Å²) in [5, 5.41) is 11.1. The first-order chi connectivity index (χ1) is 29.2. The Hall–Kier alpha value is -7.67. The molecule has 0 atom stereocenters. The molecule has 13 aromatic rings. The van der Waals surface area contributed by atoms with Crippen LogP contribution in [-0.2, 0) is 0 Å². The smallest absolute Gasteiger partial charge is 0.164 e. The molecule has 0 fully saturated rings. The van der Waals surface area contributed by atoms with Crippen molar-refractivity contribution in [3.63, 3.8) is 0 Å².